The number of amides is 1. The topological polar surface area (TPSA) is 67.3 Å². The van der Waals surface area contributed by atoms with E-state index in [0.717, 1.165) is 5.52 Å². The number of benzene rings is 1. The Kier molecular flexibility index (Phi) is 3.12. The van der Waals surface area contributed by atoms with Crippen molar-refractivity contribution in [2.75, 3.05) is 12.4 Å². The molecule has 0 aliphatic rings. The van der Waals surface area contributed by atoms with Gasteiger partial charge in [-0.25, -0.2) is 0 Å². The lowest BCUT2D eigenvalue weighted by Crippen LogP contribution is -2.13. The van der Waals surface area contributed by atoms with Gasteiger partial charge < -0.3 is 19.5 Å². The molecule has 2 N–H and O–H groups in total. The zero-order valence-electron chi connectivity index (χ0n) is 10.6. The number of furan rings is 1. The second-order valence-corrected chi connectivity index (χ2v) is 4.62. The lowest BCUT2D eigenvalue weighted by atomic mass is 10.2. The Balaban J connectivity index is 1.88. The van der Waals surface area contributed by atoms with Gasteiger partial charge in [-0.1, -0.05) is 11.6 Å². The fourth-order valence-electron chi connectivity index (χ4n) is 1.94. The molecule has 0 radical (unpaired) electrons. The first-order valence-corrected chi connectivity index (χ1v) is 6.26. The predicted octanol–water partition coefficient (Wildman–Crippen LogP) is 3.68. The lowest BCUT2D eigenvalue weighted by Gasteiger charge is -2.09. The number of hydrogen-bond acceptors (Lipinski definition) is 3. The number of aromatic amines is 1. The van der Waals surface area contributed by atoms with E-state index in [2.05, 4.69) is 10.3 Å². The van der Waals surface area contributed by atoms with Gasteiger partial charge in [0.05, 0.1) is 24.6 Å². The molecule has 0 atom stereocenters. The highest BCUT2D eigenvalue weighted by atomic mass is 35.5. The molecule has 0 aliphatic heterocycles. The maximum Gasteiger partial charge on any atom is 0.272 e. The molecule has 0 bridgehead atoms. The van der Waals surface area contributed by atoms with Crippen molar-refractivity contribution in [3.8, 4) is 5.75 Å². The first-order valence-electron chi connectivity index (χ1n) is 5.88. The van der Waals surface area contributed by atoms with Crippen LogP contribution in [0.15, 0.2) is 41.0 Å². The number of halogens is 1. The van der Waals surface area contributed by atoms with Crippen molar-refractivity contribution < 1.29 is 13.9 Å². The summed E-state index contributed by atoms with van der Waals surface area (Å²) in [7, 11) is 1.53. The van der Waals surface area contributed by atoms with Crippen molar-refractivity contribution in [2.24, 2.45) is 0 Å². The summed E-state index contributed by atoms with van der Waals surface area (Å²) in [5.74, 6) is 0.245. The first-order chi connectivity index (χ1) is 9.67. The summed E-state index contributed by atoms with van der Waals surface area (Å²) in [5, 5.41) is 3.26. The molecule has 0 unspecified atom stereocenters. The third-order valence-electron chi connectivity index (χ3n) is 2.89. The van der Waals surface area contributed by atoms with Crippen LogP contribution in [0.4, 0.5) is 5.69 Å². The number of nitrogens with one attached hydrogen (secondary N) is 2. The van der Waals surface area contributed by atoms with E-state index in [9.17, 15) is 4.79 Å². The molecule has 1 aromatic carbocycles. The number of rotatable bonds is 3. The van der Waals surface area contributed by atoms with Crippen LogP contribution in [0, 0.1) is 0 Å². The highest BCUT2D eigenvalue weighted by molar-refractivity contribution is 6.31. The fourth-order valence-corrected chi connectivity index (χ4v) is 2.11. The van der Waals surface area contributed by atoms with Crippen LogP contribution in [0.25, 0.3) is 11.1 Å². The number of H-pyrrole nitrogens is 1. The van der Waals surface area contributed by atoms with Crippen LogP contribution < -0.4 is 10.1 Å². The predicted molar refractivity (Wildman–Crippen MR) is 76.5 cm³/mol. The number of ether oxygens (including phenoxy) is 1. The summed E-state index contributed by atoms with van der Waals surface area (Å²) in [6.07, 6.45) is 1.56. The molecule has 2 heterocycles. The molecule has 5 nitrogen and oxygen atoms in total. The maximum atomic E-state index is 12.2. The zero-order chi connectivity index (χ0) is 14.1. The SMILES string of the molecule is COc1ccc(Cl)cc1NC(=O)c1cc2occc2[nH]1. The Bertz CT molecular complexity index is 747. The Morgan fingerprint density at radius 3 is 2.95 bits per heavy atom. The van der Waals surface area contributed by atoms with Gasteiger partial charge in [0, 0.05) is 17.2 Å². The van der Waals surface area contributed by atoms with Crippen LogP contribution >= 0.6 is 11.6 Å². The van der Waals surface area contributed by atoms with Crippen LogP contribution in [0.2, 0.25) is 5.02 Å². The normalized spacial score (nSPS) is 10.7. The monoisotopic (exact) mass is 290 g/mol. The van der Waals surface area contributed by atoms with Crippen molar-refractivity contribution in [3.63, 3.8) is 0 Å². The number of hydrogen-bond donors (Lipinski definition) is 2. The highest BCUT2D eigenvalue weighted by Gasteiger charge is 2.13. The molecule has 102 valence electrons. The van der Waals surface area contributed by atoms with E-state index >= 15 is 0 Å². The summed E-state index contributed by atoms with van der Waals surface area (Å²) >= 11 is 5.92. The molecule has 3 aromatic rings. The quantitative estimate of drug-likeness (QED) is 0.773. The van der Waals surface area contributed by atoms with E-state index in [0.29, 0.717) is 27.7 Å². The Morgan fingerprint density at radius 1 is 1.35 bits per heavy atom. The average Bonchev–Trinajstić information content (AvgIpc) is 2.99. The van der Waals surface area contributed by atoms with Gasteiger partial charge >= 0.3 is 0 Å². The standard InChI is InChI=1S/C14H11ClN2O3/c1-19-12-3-2-8(15)6-10(12)17-14(18)11-7-13-9(16-11)4-5-20-13/h2-7,16H,1H3,(H,17,18). The highest BCUT2D eigenvalue weighted by Crippen LogP contribution is 2.28. The molecular weight excluding hydrogens is 280 g/mol. The van der Waals surface area contributed by atoms with E-state index in [4.69, 9.17) is 20.8 Å². The molecule has 3 rings (SSSR count). The van der Waals surface area contributed by atoms with Crippen LogP contribution in [0.1, 0.15) is 10.5 Å². The minimum Gasteiger partial charge on any atom is -0.495 e. The van der Waals surface area contributed by atoms with Crippen LogP contribution in [0.3, 0.4) is 0 Å². The Morgan fingerprint density at radius 2 is 2.20 bits per heavy atom. The Hall–Kier alpha value is -2.40. The molecular formula is C14H11ClN2O3. The lowest BCUT2D eigenvalue weighted by molar-refractivity contribution is 0.102. The summed E-state index contributed by atoms with van der Waals surface area (Å²) in [4.78, 5) is 15.1. The van der Waals surface area contributed by atoms with E-state index in [1.54, 1.807) is 36.6 Å². The maximum absolute atomic E-state index is 12.2. The van der Waals surface area contributed by atoms with Crippen molar-refractivity contribution in [2.45, 2.75) is 0 Å². The number of anilines is 1. The van der Waals surface area contributed by atoms with Gasteiger partial charge in [0.25, 0.3) is 5.91 Å². The molecule has 2 aromatic heterocycles. The summed E-state index contributed by atoms with van der Waals surface area (Å²) in [6.45, 7) is 0. The third kappa shape index (κ3) is 2.23. The van der Waals surface area contributed by atoms with Crippen LogP contribution in [-0.4, -0.2) is 18.0 Å². The molecule has 6 heteroatoms. The van der Waals surface area contributed by atoms with Crippen LogP contribution in [-0.2, 0) is 0 Å². The Labute approximate surface area is 119 Å². The zero-order valence-corrected chi connectivity index (χ0v) is 11.3. The molecule has 0 fully saturated rings. The van der Waals surface area contributed by atoms with Gasteiger partial charge in [-0.05, 0) is 18.2 Å². The van der Waals surface area contributed by atoms with Gasteiger partial charge in [0.2, 0.25) is 0 Å². The second kappa shape index (κ2) is 4.94. The van der Waals surface area contributed by atoms with Gasteiger partial charge in [-0.15, -0.1) is 0 Å². The molecule has 0 aliphatic carbocycles. The van der Waals surface area contributed by atoms with Gasteiger partial charge in [-0.3, -0.25) is 4.79 Å². The number of fused-ring (bicyclic) bond motifs is 1. The van der Waals surface area contributed by atoms with Gasteiger partial charge in [-0.2, -0.15) is 0 Å². The number of methoxy groups -OCH3 is 1. The first kappa shape index (κ1) is 12.6. The smallest absolute Gasteiger partial charge is 0.272 e. The number of carbonyl (C=O) groups excluding carboxylic acids is 1. The van der Waals surface area contributed by atoms with Gasteiger partial charge in [0.1, 0.15) is 11.4 Å². The third-order valence-corrected chi connectivity index (χ3v) is 3.13. The fraction of sp³-hybridized carbons (Fsp3) is 0.0714. The van der Waals surface area contributed by atoms with Crippen molar-refractivity contribution in [3.05, 3.63) is 47.3 Å². The van der Waals surface area contributed by atoms with Crippen molar-refractivity contribution in [1.82, 2.24) is 4.98 Å². The molecule has 0 saturated heterocycles. The van der Waals surface area contributed by atoms with Crippen molar-refractivity contribution >= 4 is 34.3 Å². The molecule has 0 spiro atoms. The summed E-state index contributed by atoms with van der Waals surface area (Å²) in [6, 6.07) is 8.41. The molecule has 0 saturated carbocycles. The summed E-state index contributed by atoms with van der Waals surface area (Å²) in [5.41, 5.74) is 2.32. The number of aromatic nitrogens is 1. The van der Waals surface area contributed by atoms with Gasteiger partial charge in [0.15, 0.2) is 5.58 Å². The minimum absolute atomic E-state index is 0.294. The van der Waals surface area contributed by atoms with E-state index in [1.807, 2.05) is 0 Å². The van der Waals surface area contributed by atoms with E-state index in [1.165, 1.54) is 7.11 Å². The van der Waals surface area contributed by atoms with E-state index < -0.39 is 0 Å². The van der Waals surface area contributed by atoms with Crippen LogP contribution in [0.5, 0.6) is 5.75 Å². The second-order valence-electron chi connectivity index (χ2n) is 4.18. The average molecular weight is 291 g/mol. The molecule has 1 amide bonds. The number of carbonyl (C=O) groups is 1. The largest absolute Gasteiger partial charge is 0.495 e. The summed E-state index contributed by atoms with van der Waals surface area (Å²) < 4.78 is 10.4. The molecule has 20 heavy (non-hydrogen) atoms. The minimum atomic E-state index is -0.294. The van der Waals surface area contributed by atoms with E-state index in [-0.39, 0.29) is 5.91 Å². The van der Waals surface area contributed by atoms with Crippen molar-refractivity contribution in [1.29, 1.82) is 0 Å².